The summed E-state index contributed by atoms with van der Waals surface area (Å²) in [6, 6.07) is 0. The van der Waals surface area contributed by atoms with Crippen LogP contribution in [0.2, 0.25) is 0 Å². The van der Waals surface area contributed by atoms with Gasteiger partial charge in [-0.2, -0.15) is 0 Å². The molecule has 0 fully saturated rings. The van der Waals surface area contributed by atoms with Crippen LogP contribution in [-0.2, 0) is 27.9 Å². The number of nitrogens with two attached hydrogens (primary N) is 1. The molecule has 0 radical (unpaired) electrons. The highest BCUT2D eigenvalue weighted by molar-refractivity contribution is 7.47. The molecular weight excluding hydrogens is 697 g/mol. The summed E-state index contributed by atoms with van der Waals surface area (Å²) >= 11 is 0. The van der Waals surface area contributed by atoms with Gasteiger partial charge in [0.2, 0.25) is 0 Å². The zero-order chi connectivity index (χ0) is 39.5. The molecule has 0 aromatic carbocycles. The van der Waals surface area contributed by atoms with Gasteiger partial charge in [-0.15, -0.1) is 0 Å². The molecular formula is C45H90NO7P. The summed E-state index contributed by atoms with van der Waals surface area (Å²) in [6.45, 7) is 4.95. The quantitative estimate of drug-likeness (QED) is 0.0271. The predicted molar refractivity (Wildman–Crippen MR) is 229 cm³/mol. The second-order valence-electron chi connectivity index (χ2n) is 15.6. The van der Waals surface area contributed by atoms with E-state index in [-0.39, 0.29) is 32.3 Å². The molecule has 0 saturated heterocycles. The van der Waals surface area contributed by atoms with Crippen LogP contribution in [0.3, 0.4) is 0 Å². The van der Waals surface area contributed by atoms with Crippen LogP contribution in [0.25, 0.3) is 0 Å². The number of carbonyl (C=O) groups excluding carboxylic acids is 1. The van der Waals surface area contributed by atoms with Gasteiger partial charge in [0.25, 0.3) is 0 Å². The van der Waals surface area contributed by atoms with Crippen LogP contribution in [-0.4, -0.2) is 49.9 Å². The smallest absolute Gasteiger partial charge is 0.457 e. The lowest BCUT2D eigenvalue weighted by atomic mass is 10.0. The Balaban J connectivity index is 3.92. The monoisotopic (exact) mass is 788 g/mol. The first kappa shape index (κ1) is 53.2. The van der Waals surface area contributed by atoms with Crippen molar-refractivity contribution in [1.82, 2.24) is 0 Å². The third-order valence-electron chi connectivity index (χ3n) is 10.2. The first-order valence-electron chi connectivity index (χ1n) is 23.2. The Hall–Kier alpha value is -0.760. The van der Waals surface area contributed by atoms with Crippen LogP contribution in [0.15, 0.2) is 12.2 Å². The van der Waals surface area contributed by atoms with E-state index in [1.54, 1.807) is 0 Å². The van der Waals surface area contributed by atoms with Crippen molar-refractivity contribution in [3.05, 3.63) is 12.2 Å². The summed E-state index contributed by atoms with van der Waals surface area (Å²) in [5, 5.41) is 0. The van der Waals surface area contributed by atoms with Crippen LogP contribution in [0.5, 0.6) is 0 Å². The Labute approximate surface area is 334 Å². The number of ether oxygens (including phenoxy) is 2. The molecule has 0 amide bonds. The average Bonchev–Trinajstić information content (AvgIpc) is 3.16. The van der Waals surface area contributed by atoms with Crippen molar-refractivity contribution in [2.75, 3.05) is 33.0 Å². The lowest BCUT2D eigenvalue weighted by Crippen LogP contribution is -2.28. The molecule has 0 aromatic rings. The summed E-state index contributed by atoms with van der Waals surface area (Å²) in [6.07, 6.45) is 46.6. The number of carbonyl (C=O) groups is 1. The van der Waals surface area contributed by atoms with Crippen molar-refractivity contribution in [3.63, 3.8) is 0 Å². The molecule has 9 heteroatoms. The van der Waals surface area contributed by atoms with E-state index >= 15 is 0 Å². The van der Waals surface area contributed by atoms with Crippen LogP contribution >= 0.6 is 7.82 Å². The molecule has 54 heavy (non-hydrogen) atoms. The molecule has 0 saturated carbocycles. The Morgan fingerprint density at radius 1 is 0.537 bits per heavy atom. The summed E-state index contributed by atoms with van der Waals surface area (Å²) in [5.41, 5.74) is 5.37. The van der Waals surface area contributed by atoms with E-state index in [1.165, 1.54) is 167 Å². The first-order chi connectivity index (χ1) is 26.4. The summed E-state index contributed by atoms with van der Waals surface area (Å²) < 4.78 is 33.5. The molecule has 2 atom stereocenters. The fourth-order valence-corrected chi connectivity index (χ4v) is 7.52. The van der Waals surface area contributed by atoms with Gasteiger partial charge >= 0.3 is 13.8 Å². The molecule has 0 spiro atoms. The van der Waals surface area contributed by atoms with Crippen LogP contribution < -0.4 is 5.73 Å². The van der Waals surface area contributed by atoms with Gasteiger partial charge in [-0.1, -0.05) is 199 Å². The molecule has 0 aliphatic heterocycles. The summed E-state index contributed by atoms with van der Waals surface area (Å²) in [5.74, 6) is -0.334. The normalized spacial score (nSPS) is 13.5. The lowest BCUT2D eigenvalue weighted by Gasteiger charge is -2.20. The zero-order valence-electron chi connectivity index (χ0n) is 35.7. The van der Waals surface area contributed by atoms with Crippen LogP contribution in [0.1, 0.15) is 232 Å². The van der Waals surface area contributed by atoms with E-state index < -0.39 is 13.9 Å². The summed E-state index contributed by atoms with van der Waals surface area (Å²) in [7, 11) is -4.27. The van der Waals surface area contributed by atoms with Gasteiger partial charge in [0.15, 0.2) is 0 Å². The van der Waals surface area contributed by atoms with E-state index in [0.717, 1.165) is 44.9 Å². The van der Waals surface area contributed by atoms with Crippen molar-refractivity contribution < 1.29 is 32.8 Å². The Morgan fingerprint density at radius 2 is 0.926 bits per heavy atom. The molecule has 322 valence electrons. The highest BCUT2D eigenvalue weighted by atomic mass is 31.2. The second kappa shape index (κ2) is 43.4. The van der Waals surface area contributed by atoms with E-state index in [4.69, 9.17) is 24.3 Å². The van der Waals surface area contributed by atoms with E-state index in [1.807, 2.05) is 0 Å². The van der Waals surface area contributed by atoms with Gasteiger partial charge in [-0.05, 0) is 38.5 Å². The number of allylic oxidation sites excluding steroid dienone is 2. The number of hydrogen-bond donors (Lipinski definition) is 2. The van der Waals surface area contributed by atoms with Crippen molar-refractivity contribution in [3.8, 4) is 0 Å². The molecule has 0 rings (SSSR count). The minimum absolute atomic E-state index is 0.0936. The molecule has 0 heterocycles. The van der Waals surface area contributed by atoms with Crippen molar-refractivity contribution in [1.29, 1.82) is 0 Å². The van der Waals surface area contributed by atoms with E-state index in [0.29, 0.717) is 13.0 Å². The van der Waals surface area contributed by atoms with Crippen molar-refractivity contribution in [2.24, 2.45) is 5.73 Å². The maximum atomic E-state index is 12.6. The fourth-order valence-electron chi connectivity index (χ4n) is 6.76. The largest absolute Gasteiger partial charge is 0.472 e. The van der Waals surface area contributed by atoms with Crippen LogP contribution in [0, 0.1) is 0 Å². The molecule has 0 aromatic heterocycles. The zero-order valence-corrected chi connectivity index (χ0v) is 36.6. The minimum Gasteiger partial charge on any atom is -0.457 e. The van der Waals surface area contributed by atoms with Gasteiger partial charge in [0.05, 0.1) is 19.8 Å². The number of hydrogen-bond acceptors (Lipinski definition) is 7. The fraction of sp³-hybridized carbons (Fsp3) is 0.933. The number of esters is 1. The second-order valence-corrected chi connectivity index (χ2v) is 17.1. The number of rotatable bonds is 45. The molecule has 0 bridgehead atoms. The average molecular weight is 788 g/mol. The van der Waals surface area contributed by atoms with E-state index in [9.17, 15) is 14.3 Å². The van der Waals surface area contributed by atoms with Gasteiger partial charge < -0.3 is 20.1 Å². The number of phosphoric acid groups is 1. The Kier molecular flexibility index (Phi) is 42.8. The topological polar surface area (TPSA) is 117 Å². The van der Waals surface area contributed by atoms with Gasteiger partial charge in [-0.25, -0.2) is 4.57 Å². The first-order valence-corrected chi connectivity index (χ1v) is 24.7. The Bertz CT molecular complexity index is 843. The van der Waals surface area contributed by atoms with E-state index in [2.05, 4.69) is 26.0 Å². The highest BCUT2D eigenvalue weighted by Gasteiger charge is 2.25. The third kappa shape index (κ3) is 42.4. The molecule has 0 aliphatic rings. The van der Waals surface area contributed by atoms with Crippen LogP contribution in [0.4, 0.5) is 0 Å². The lowest BCUT2D eigenvalue weighted by molar-refractivity contribution is -0.154. The molecule has 3 N–H and O–H groups in total. The minimum atomic E-state index is -4.27. The van der Waals surface area contributed by atoms with Gasteiger partial charge in [-0.3, -0.25) is 13.8 Å². The van der Waals surface area contributed by atoms with Gasteiger partial charge in [0, 0.05) is 19.6 Å². The molecule has 8 nitrogen and oxygen atoms in total. The Morgan fingerprint density at radius 3 is 1.35 bits per heavy atom. The number of unbranched alkanes of at least 4 members (excludes halogenated alkanes) is 30. The maximum Gasteiger partial charge on any atom is 0.472 e. The highest BCUT2D eigenvalue weighted by Crippen LogP contribution is 2.43. The SMILES string of the molecule is CCCCCCC/C=C\CCCCCCCC(=O)OC(COCCCCCCCCCCCCCCCCCCCCCCC)COP(=O)(O)OCCN. The van der Waals surface area contributed by atoms with Crippen molar-refractivity contribution >= 4 is 13.8 Å². The predicted octanol–water partition coefficient (Wildman–Crippen LogP) is 13.9. The molecule has 0 aliphatic carbocycles. The molecule has 2 unspecified atom stereocenters. The number of phosphoric ester groups is 1. The maximum absolute atomic E-state index is 12.6. The standard InChI is InChI=1S/C45H90NO7P/c1-3-5-7-9-11-13-15-17-19-20-21-22-23-24-25-27-29-31-33-35-37-40-50-42-44(43-52-54(48,49)51-41-39-46)53-45(47)38-36-34-32-30-28-26-18-16-14-12-10-8-6-4-2/h16,18,44H,3-15,17,19-43,46H2,1-2H3,(H,48,49)/b18-16-. The van der Waals surface area contributed by atoms with Crippen molar-refractivity contribution in [2.45, 2.75) is 238 Å². The summed E-state index contributed by atoms with van der Waals surface area (Å²) in [4.78, 5) is 22.5. The third-order valence-corrected chi connectivity index (χ3v) is 11.2. The van der Waals surface area contributed by atoms with Gasteiger partial charge in [0.1, 0.15) is 6.10 Å².